The van der Waals surface area contributed by atoms with Gasteiger partial charge in [-0.25, -0.2) is 0 Å². The van der Waals surface area contributed by atoms with Crippen LogP contribution in [0.1, 0.15) is 47.0 Å². The van der Waals surface area contributed by atoms with Gasteiger partial charge < -0.3 is 9.16 Å². The predicted molar refractivity (Wildman–Crippen MR) is 128 cm³/mol. The van der Waals surface area contributed by atoms with Gasteiger partial charge in [-0.15, -0.1) is 0 Å². The molecular formula is C27H32O3Si. The van der Waals surface area contributed by atoms with E-state index in [1.54, 1.807) is 6.08 Å². The fourth-order valence-electron chi connectivity index (χ4n) is 4.86. The number of allylic oxidation sites excluding steroid dienone is 2. The van der Waals surface area contributed by atoms with Crippen molar-refractivity contribution in [1.82, 2.24) is 0 Å². The van der Waals surface area contributed by atoms with Gasteiger partial charge in [-0.2, -0.15) is 0 Å². The van der Waals surface area contributed by atoms with E-state index in [-0.39, 0.29) is 16.9 Å². The molecule has 31 heavy (non-hydrogen) atoms. The van der Waals surface area contributed by atoms with Crippen LogP contribution in [0.5, 0.6) is 0 Å². The smallest absolute Gasteiger partial charge is 0.261 e. The third kappa shape index (κ3) is 4.07. The summed E-state index contributed by atoms with van der Waals surface area (Å²) in [4.78, 5) is 12.8. The molecule has 2 atom stereocenters. The molecule has 2 heterocycles. The minimum Gasteiger partial charge on any atom is -0.484 e. The minimum atomic E-state index is -2.71. The fourth-order valence-corrected chi connectivity index (χ4v) is 9.49. The van der Waals surface area contributed by atoms with Gasteiger partial charge in [0.05, 0.1) is 6.10 Å². The van der Waals surface area contributed by atoms with Crippen molar-refractivity contribution in [2.45, 2.75) is 63.7 Å². The third-order valence-electron chi connectivity index (χ3n) is 6.41. The molecule has 2 aliphatic heterocycles. The van der Waals surface area contributed by atoms with Gasteiger partial charge >= 0.3 is 0 Å². The molecule has 0 aliphatic carbocycles. The van der Waals surface area contributed by atoms with Gasteiger partial charge in [0.1, 0.15) is 5.76 Å². The molecule has 0 N–H and O–H groups in total. The summed E-state index contributed by atoms with van der Waals surface area (Å²) >= 11 is 0. The van der Waals surface area contributed by atoms with Crippen LogP contribution >= 0.6 is 0 Å². The second-order valence-electron chi connectivity index (χ2n) is 9.80. The second kappa shape index (κ2) is 8.25. The highest BCUT2D eigenvalue weighted by Crippen LogP contribution is 2.40. The Morgan fingerprint density at radius 2 is 1.58 bits per heavy atom. The van der Waals surface area contributed by atoms with E-state index in [1.807, 2.05) is 6.92 Å². The van der Waals surface area contributed by atoms with Crippen molar-refractivity contribution in [1.29, 1.82) is 0 Å². The van der Waals surface area contributed by atoms with Gasteiger partial charge in [-0.3, -0.25) is 4.79 Å². The van der Waals surface area contributed by atoms with Crippen molar-refractivity contribution in [3.8, 4) is 0 Å². The summed E-state index contributed by atoms with van der Waals surface area (Å²) in [5.41, 5.74) is -0.861. The molecule has 0 fully saturated rings. The van der Waals surface area contributed by atoms with E-state index in [4.69, 9.17) is 9.16 Å². The number of hydrogen-bond acceptors (Lipinski definition) is 3. The third-order valence-corrected chi connectivity index (χ3v) is 11.5. The Labute approximate surface area is 186 Å². The lowest BCUT2D eigenvalue weighted by Gasteiger charge is -2.45. The number of carbonyl (C=O) groups is 1. The molecule has 4 heteroatoms. The normalized spacial score (nSPS) is 25.1. The second-order valence-corrected chi connectivity index (χ2v) is 14.1. The van der Waals surface area contributed by atoms with Crippen molar-refractivity contribution in [3.05, 3.63) is 84.7 Å². The Morgan fingerprint density at radius 1 is 1.00 bits per heavy atom. The molecule has 2 unspecified atom stereocenters. The number of carbonyl (C=O) groups excluding carboxylic acids is 1. The number of ether oxygens (including phenoxy) is 1. The summed E-state index contributed by atoms with van der Waals surface area (Å²) in [6, 6.07) is 21.3. The highest BCUT2D eigenvalue weighted by atomic mass is 28.4. The maximum absolute atomic E-state index is 12.8. The molecule has 0 saturated carbocycles. The van der Waals surface area contributed by atoms with Crippen LogP contribution in [-0.2, 0) is 14.0 Å². The highest BCUT2D eigenvalue weighted by molar-refractivity contribution is 6.99. The molecule has 0 saturated heterocycles. The van der Waals surface area contributed by atoms with Gasteiger partial charge in [0.25, 0.3) is 8.32 Å². The first-order valence-corrected chi connectivity index (χ1v) is 13.0. The summed E-state index contributed by atoms with van der Waals surface area (Å²) in [5.74, 6) is 0.845. The molecule has 0 amide bonds. The zero-order chi connectivity index (χ0) is 22.1. The predicted octanol–water partition coefficient (Wildman–Crippen LogP) is 4.91. The molecule has 3 nitrogen and oxygen atoms in total. The average Bonchev–Trinajstić information content (AvgIpc) is 3.06. The maximum Gasteiger partial charge on any atom is 0.261 e. The summed E-state index contributed by atoms with van der Waals surface area (Å²) in [7, 11) is -2.71. The monoisotopic (exact) mass is 432 g/mol. The zero-order valence-electron chi connectivity index (χ0n) is 18.9. The highest BCUT2D eigenvalue weighted by Gasteiger charge is 2.52. The van der Waals surface area contributed by atoms with Gasteiger partial charge in [-0.05, 0) is 28.8 Å². The largest absolute Gasteiger partial charge is 0.484 e. The van der Waals surface area contributed by atoms with E-state index in [1.165, 1.54) is 10.4 Å². The van der Waals surface area contributed by atoms with Crippen LogP contribution < -0.4 is 10.4 Å². The first-order valence-electron chi connectivity index (χ1n) is 11.1. The fraction of sp³-hybridized carbons (Fsp3) is 0.370. The van der Waals surface area contributed by atoms with Crippen molar-refractivity contribution in [2.24, 2.45) is 0 Å². The van der Waals surface area contributed by atoms with E-state index in [0.29, 0.717) is 6.42 Å². The minimum absolute atomic E-state index is 0.0499. The van der Waals surface area contributed by atoms with Crippen molar-refractivity contribution < 1.29 is 14.0 Å². The average molecular weight is 433 g/mol. The number of ketones is 1. The molecule has 0 radical (unpaired) electrons. The molecule has 2 aromatic rings. The first-order chi connectivity index (χ1) is 14.7. The Hall–Kier alpha value is -2.43. The molecule has 162 valence electrons. The van der Waals surface area contributed by atoms with Gasteiger partial charge in [0.2, 0.25) is 5.78 Å². The lowest BCUT2D eigenvalue weighted by atomic mass is 9.94. The van der Waals surface area contributed by atoms with Crippen LogP contribution in [-0.4, -0.2) is 25.8 Å². The van der Waals surface area contributed by atoms with E-state index in [0.717, 1.165) is 18.6 Å². The van der Waals surface area contributed by atoms with E-state index >= 15 is 0 Å². The van der Waals surface area contributed by atoms with Crippen LogP contribution in [0.15, 0.2) is 84.7 Å². The standard InChI is InChI=1S/C27H32O3Si/c1-26(2,3)31(23-15-7-5-8-16-23,24-17-9-6-10-18-24)30-22-14-12-11-13-21-19-25(28)27(4,20-22)29-21/h5-10,12,14-19,22H,11,13,20H2,1-4H3/b14-12-. The molecule has 0 aromatic heterocycles. The van der Waals surface area contributed by atoms with Crippen molar-refractivity contribution >= 4 is 24.5 Å². The molecule has 2 bridgehead atoms. The molecule has 2 aliphatic rings. The van der Waals surface area contributed by atoms with E-state index in [9.17, 15) is 4.79 Å². The number of hydrogen-bond donors (Lipinski definition) is 0. The number of fused-ring (bicyclic) bond motifs is 2. The first kappa shape index (κ1) is 21.8. The Kier molecular flexibility index (Phi) is 5.80. The van der Waals surface area contributed by atoms with Crippen LogP contribution in [0, 0.1) is 0 Å². The van der Waals surface area contributed by atoms with Crippen LogP contribution in [0.25, 0.3) is 0 Å². The number of rotatable bonds is 4. The van der Waals surface area contributed by atoms with Crippen molar-refractivity contribution in [2.75, 3.05) is 0 Å². The van der Waals surface area contributed by atoms with Crippen LogP contribution in [0.2, 0.25) is 5.04 Å². The van der Waals surface area contributed by atoms with Gasteiger partial charge in [0.15, 0.2) is 5.60 Å². The van der Waals surface area contributed by atoms with E-state index in [2.05, 4.69) is 93.6 Å². The zero-order valence-corrected chi connectivity index (χ0v) is 19.9. The molecular weight excluding hydrogens is 400 g/mol. The molecule has 0 spiro atoms. The summed E-state index contributed by atoms with van der Waals surface area (Å²) < 4.78 is 13.4. The summed E-state index contributed by atoms with van der Waals surface area (Å²) in [6.45, 7) is 8.73. The quantitative estimate of drug-likeness (QED) is 0.508. The topological polar surface area (TPSA) is 35.5 Å². The van der Waals surface area contributed by atoms with E-state index < -0.39 is 13.9 Å². The summed E-state index contributed by atoms with van der Waals surface area (Å²) in [5, 5.41) is 2.36. The summed E-state index contributed by atoms with van der Waals surface area (Å²) in [6.07, 6.45) is 7.90. The lowest BCUT2D eigenvalue weighted by molar-refractivity contribution is -0.130. The Bertz CT molecular complexity index is 949. The SMILES string of the molecule is CC12CC(O[Si](c3ccccc3)(c3ccccc3)C(C)(C)C)/C=C\CCC(=CC1=O)O2. The van der Waals surface area contributed by atoms with Gasteiger partial charge in [-0.1, -0.05) is 93.6 Å². The number of benzene rings is 2. The van der Waals surface area contributed by atoms with Crippen LogP contribution in [0.3, 0.4) is 0 Å². The van der Waals surface area contributed by atoms with Gasteiger partial charge in [0, 0.05) is 18.9 Å². The van der Waals surface area contributed by atoms with Crippen LogP contribution in [0.4, 0.5) is 0 Å². The Balaban J connectivity index is 1.82. The molecule has 4 rings (SSSR count). The maximum atomic E-state index is 12.8. The lowest BCUT2D eigenvalue weighted by Crippen LogP contribution is -2.67. The molecule has 2 aromatic carbocycles. The Morgan fingerprint density at radius 3 is 2.13 bits per heavy atom. The van der Waals surface area contributed by atoms with Crippen molar-refractivity contribution in [3.63, 3.8) is 0 Å².